The normalized spacial score (nSPS) is 21.8. The second-order valence-electron chi connectivity index (χ2n) is 55.3. The number of hydrogen-bond donors (Lipinski definition) is 0. The monoisotopic (exact) mass is 1900 g/mol. The molecule has 141 heavy (non-hydrogen) atoms. The Morgan fingerprint density at radius 3 is 1.17 bits per heavy atom. The molecule has 11 aliphatic rings. The first-order valence-electron chi connectivity index (χ1n) is 53.8. The molecule has 716 valence electrons. The SMILES string of the molecule is Cc1cc2c3c(c1)N(c1cccc4c1sc1ccc(CC5(C)CCC(C)(C)c6cc7c8c(sc7cc65)B5c6cc7c(cc6N(c6ccc9c(c6)C(C)(C)CCC9(C)C)c6cc(C(C)(C)C)cc(c65)N8c5cccc6c5-c5ccccc5C6(C)C)C(C)(C)CCC7(C)C)cc14)c1c(sc4cc5c(cc14)C(C)(C)CCC5(C)C)B3c1cc3c(cc1N2c1ccc2c(c1)C(C)(C)CCC2(C)C)C(C)(C)CCC3(C)C. The lowest BCUT2D eigenvalue weighted by Crippen LogP contribution is -2.61. The average Bonchev–Trinajstić information content (AvgIpc) is 1.62. The maximum Gasteiger partial charge on any atom is 0.264 e. The van der Waals surface area contributed by atoms with Gasteiger partial charge in [-0.3, -0.25) is 0 Å². The molecule has 26 rings (SSSR count). The molecule has 7 aliphatic carbocycles. The van der Waals surface area contributed by atoms with Crippen LogP contribution in [0, 0.1) is 6.92 Å². The van der Waals surface area contributed by atoms with Gasteiger partial charge in [0.15, 0.2) is 0 Å². The number of hydrogen-bond acceptors (Lipinski definition) is 7. The Bertz CT molecular complexity index is 8100. The molecule has 0 N–H and O–H groups in total. The van der Waals surface area contributed by atoms with E-state index in [0.29, 0.717) is 0 Å². The molecule has 0 fully saturated rings. The fourth-order valence-electron chi connectivity index (χ4n) is 29.8. The largest absolute Gasteiger partial charge is 0.311 e. The van der Waals surface area contributed by atoms with Crippen LogP contribution in [-0.2, 0) is 82.2 Å². The molecule has 1 unspecified atom stereocenters. The third kappa shape index (κ3) is 12.8. The Morgan fingerprint density at radius 2 is 0.674 bits per heavy atom. The summed E-state index contributed by atoms with van der Waals surface area (Å²) in [5.74, 6) is 0. The second-order valence-corrected chi connectivity index (χ2v) is 58.5. The standard InChI is InChI=1S/C132H144B2N4S3/c1-74-58-104-112-105(59-74)138(115-82-65-90-96(129(23,24)55-50-124(90,13)14)71-109(82)140-118(115)133(112)98-67-92-94(127(19,20)53-51-125(92,15)16)69-102(98)135(104)77-41-43-85-88(63-77)122(9,10)48-46-120(85,5)6)101-39-32-35-79-81-60-75(40-45-108(81)139-116(79)101)73-132(29)57-56-130(25,26)91-66-83-110(72-97(91)132)141-117-114(83)137(100-38-33-37-87-111(100)80-34-30-31-36-84(80)131(87,27)28)107-62-76(119(2,3)4)61-106-113(107)134(117)99-68-93-95(128(21,22)54-52-126(93,17)18)70-103(99)136(106)78-42-44-86-89(64-78)123(11,12)49-47-121(86,7)8/h30-45,58-72H,46-57,73H2,1-29H3. The van der Waals surface area contributed by atoms with E-state index in [1.165, 1.54) is 271 Å². The first kappa shape index (κ1) is 91.1. The van der Waals surface area contributed by atoms with E-state index in [-0.39, 0.29) is 89.2 Å². The number of benzene rings is 12. The highest BCUT2D eigenvalue weighted by molar-refractivity contribution is 7.34. The lowest BCUT2D eigenvalue weighted by atomic mass is 9.35. The van der Waals surface area contributed by atoms with E-state index in [0.717, 1.165) is 57.8 Å². The quantitative estimate of drug-likeness (QED) is 0.154. The van der Waals surface area contributed by atoms with Gasteiger partial charge in [0, 0.05) is 102 Å². The summed E-state index contributed by atoms with van der Waals surface area (Å²) >= 11 is 6.25. The predicted molar refractivity (Wildman–Crippen MR) is 615 cm³/mol. The van der Waals surface area contributed by atoms with E-state index in [4.69, 9.17) is 0 Å². The molecule has 0 amide bonds. The third-order valence-corrected chi connectivity index (χ3v) is 43.1. The summed E-state index contributed by atoms with van der Waals surface area (Å²) in [5, 5.41) is 5.49. The van der Waals surface area contributed by atoms with Crippen molar-refractivity contribution in [3.8, 4) is 11.1 Å². The molecule has 0 spiro atoms. The van der Waals surface area contributed by atoms with Crippen molar-refractivity contribution < 1.29 is 0 Å². The topological polar surface area (TPSA) is 13.0 Å². The highest BCUT2D eigenvalue weighted by atomic mass is 32.1. The lowest BCUT2D eigenvalue weighted by Gasteiger charge is -2.48. The van der Waals surface area contributed by atoms with E-state index < -0.39 is 0 Å². The summed E-state index contributed by atoms with van der Waals surface area (Å²) in [6, 6.07) is 80.0. The number of fused-ring (bicyclic) bond motifs is 24. The van der Waals surface area contributed by atoms with Gasteiger partial charge >= 0.3 is 0 Å². The second kappa shape index (κ2) is 28.9. The highest BCUT2D eigenvalue weighted by Gasteiger charge is 2.55. The molecular weight excluding hydrogens is 1760 g/mol. The van der Waals surface area contributed by atoms with Crippen LogP contribution in [0.2, 0.25) is 0 Å². The van der Waals surface area contributed by atoms with Gasteiger partial charge in [-0.15, -0.1) is 34.0 Å². The summed E-state index contributed by atoms with van der Waals surface area (Å²) in [5.41, 5.74) is 48.9. The minimum absolute atomic E-state index is 0.00219. The van der Waals surface area contributed by atoms with Crippen molar-refractivity contribution >= 4 is 187 Å². The zero-order chi connectivity index (χ0) is 98.7. The fraction of sp³-hybridized carbons (Fsp3) is 0.424. The molecule has 9 heteroatoms. The Hall–Kier alpha value is -9.89. The smallest absolute Gasteiger partial charge is 0.264 e. The van der Waals surface area contributed by atoms with E-state index in [2.05, 4.69) is 431 Å². The summed E-state index contributed by atoms with van der Waals surface area (Å²) < 4.78 is 8.44. The molecule has 0 radical (unpaired) electrons. The highest BCUT2D eigenvalue weighted by Crippen LogP contribution is 2.64. The van der Waals surface area contributed by atoms with Crippen molar-refractivity contribution in [1.29, 1.82) is 0 Å². The van der Waals surface area contributed by atoms with Crippen LogP contribution in [-0.4, -0.2) is 13.4 Å². The van der Waals surface area contributed by atoms with Crippen molar-refractivity contribution in [2.75, 3.05) is 19.6 Å². The Labute approximate surface area is 854 Å². The van der Waals surface area contributed by atoms with Crippen LogP contribution >= 0.6 is 34.0 Å². The number of anilines is 12. The zero-order valence-corrected chi connectivity index (χ0v) is 92.2. The summed E-state index contributed by atoms with van der Waals surface area (Å²) in [6.45, 7) is 73.0. The van der Waals surface area contributed by atoms with E-state index in [1.54, 1.807) is 0 Å². The number of thiophene rings is 3. The first-order valence-corrected chi connectivity index (χ1v) is 56.2. The molecule has 1 atom stereocenters. The Kier molecular flexibility index (Phi) is 18.6. The van der Waals surface area contributed by atoms with Crippen LogP contribution in [0.3, 0.4) is 0 Å². The summed E-state index contributed by atoms with van der Waals surface area (Å²) in [4.78, 5) is 11.3. The maximum absolute atomic E-state index is 2.87. The average molecular weight is 1900 g/mol. The van der Waals surface area contributed by atoms with Crippen LogP contribution < -0.4 is 51.0 Å². The predicted octanol–water partition coefficient (Wildman–Crippen LogP) is 33.9. The molecule has 0 saturated carbocycles. The van der Waals surface area contributed by atoms with Gasteiger partial charge in [0.25, 0.3) is 13.4 Å². The van der Waals surface area contributed by atoms with Crippen LogP contribution in [0.25, 0.3) is 51.5 Å². The molecule has 0 bridgehead atoms. The lowest BCUT2D eigenvalue weighted by molar-refractivity contribution is 0.311. The summed E-state index contributed by atoms with van der Waals surface area (Å²) in [6.07, 6.45) is 14.8. The molecule has 15 aromatic rings. The molecular formula is C132H144B2N4S3. The van der Waals surface area contributed by atoms with Crippen molar-refractivity contribution in [2.24, 2.45) is 0 Å². The number of nitrogens with zero attached hydrogens (tertiary/aromatic N) is 4. The minimum Gasteiger partial charge on any atom is -0.311 e. The van der Waals surface area contributed by atoms with Crippen molar-refractivity contribution in [1.82, 2.24) is 0 Å². The van der Waals surface area contributed by atoms with Gasteiger partial charge in [0.1, 0.15) is 0 Å². The molecule has 7 heterocycles. The number of aryl methyl sites for hydroxylation is 1. The first-order chi connectivity index (χ1) is 66.2. The van der Waals surface area contributed by atoms with Gasteiger partial charge in [-0.1, -0.05) is 273 Å². The van der Waals surface area contributed by atoms with Crippen molar-refractivity contribution in [3.05, 3.63) is 283 Å². The van der Waals surface area contributed by atoms with E-state index >= 15 is 0 Å². The third-order valence-electron chi connectivity index (χ3n) is 39.5. The maximum atomic E-state index is 2.87. The minimum atomic E-state index is -0.207. The number of rotatable bonds is 6. The van der Waals surface area contributed by atoms with Crippen molar-refractivity contribution in [3.63, 3.8) is 0 Å². The molecule has 12 aromatic carbocycles. The van der Waals surface area contributed by atoms with Crippen LogP contribution in [0.4, 0.5) is 68.2 Å². The van der Waals surface area contributed by atoms with Crippen LogP contribution in [0.15, 0.2) is 188 Å². The summed E-state index contributed by atoms with van der Waals surface area (Å²) in [7, 11) is 0. The zero-order valence-electron chi connectivity index (χ0n) is 89.8. The van der Waals surface area contributed by atoms with Gasteiger partial charge in [-0.2, -0.15) is 0 Å². The van der Waals surface area contributed by atoms with E-state index in [9.17, 15) is 0 Å². The Morgan fingerprint density at radius 1 is 0.284 bits per heavy atom. The van der Waals surface area contributed by atoms with Gasteiger partial charge in [-0.05, 0) is 392 Å². The Balaban J connectivity index is 0.667. The molecule has 3 aromatic heterocycles. The van der Waals surface area contributed by atoms with Gasteiger partial charge < -0.3 is 19.6 Å². The van der Waals surface area contributed by atoms with Crippen LogP contribution in [0.5, 0.6) is 0 Å². The van der Waals surface area contributed by atoms with E-state index in [1.807, 2.05) is 11.3 Å². The molecule has 4 aliphatic heterocycles. The van der Waals surface area contributed by atoms with Crippen molar-refractivity contribution in [2.45, 2.75) is 360 Å². The molecule has 0 saturated heterocycles. The van der Waals surface area contributed by atoms with Crippen LogP contribution in [0.1, 0.15) is 365 Å². The molecule has 4 nitrogen and oxygen atoms in total. The fourth-order valence-corrected chi connectivity index (χ4v) is 33.7. The van der Waals surface area contributed by atoms with Gasteiger partial charge in [-0.25, -0.2) is 0 Å². The van der Waals surface area contributed by atoms with Gasteiger partial charge in [0.2, 0.25) is 0 Å². The van der Waals surface area contributed by atoms with Gasteiger partial charge in [0.05, 0.1) is 27.4 Å².